The number of aryl methyl sites for hydroxylation is 1. The van der Waals surface area contributed by atoms with E-state index in [0.717, 1.165) is 24.7 Å². The summed E-state index contributed by atoms with van der Waals surface area (Å²) in [6.07, 6.45) is 2.59. The Hall–Kier alpha value is -0.480. The summed E-state index contributed by atoms with van der Waals surface area (Å²) >= 11 is 2.02. The van der Waals surface area contributed by atoms with Gasteiger partial charge in [0, 0.05) is 13.1 Å². The van der Waals surface area contributed by atoms with Crippen LogP contribution in [0, 0.1) is 6.92 Å². The van der Waals surface area contributed by atoms with Gasteiger partial charge in [0.15, 0.2) is 5.89 Å². The SMILES string of the molecule is Cc1oc(C2CNC2)nc1C1CCCS1. The number of thioether (sulfide) groups is 1. The van der Waals surface area contributed by atoms with Gasteiger partial charge in [-0.25, -0.2) is 4.98 Å². The van der Waals surface area contributed by atoms with E-state index in [1.165, 1.54) is 24.3 Å². The Labute approximate surface area is 94.0 Å². The fourth-order valence-corrected chi connectivity index (χ4v) is 3.49. The Balaban J connectivity index is 1.84. The first-order chi connectivity index (χ1) is 7.34. The number of aromatic nitrogens is 1. The number of oxazole rings is 1. The molecule has 0 saturated carbocycles. The molecule has 1 atom stereocenters. The lowest BCUT2D eigenvalue weighted by Gasteiger charge is -2.23. The minimum absolute atomic E-state index is 0.517. The van der Waals surface area contributed by atoms with Crippen LogP contribution in [0.2, 0.25) is 0 Å². The van der Waals surface area contributed by atoms with Crippen LogP contribution in [0.25, 0.3) is 0 Å². The van der Waals surface area contributed by atoms with E-state index in [1.807, 2.05) is 11.8 Å². The minimum Gasteiger partial charge on any atom is -0.445 e. The maximum absolute atomic E-state index is 5.77. The molecule has 1 aromatic rings. The maximum atomic E-state index is 5.77. The molecule has 0 bridgehead atoms. The molecule has 1 aromatic heterocycles. The molecular formula is C11H16N2OS. The first-order valence-electron chi connectivity index (χ1n) is 5.64. The van der Waals surface area contributed by atoms with E-state index in [4.69, 9.17) is 4.42 Å². The van der Waals surface area contributed by atoms with E-state index in [1.54, 1.807) is 0 Å². The summed E-state index contributed by atoms with van der Waals surface area (Å²) in [7, 11) is 0. The third kappa shape index (κ3) is 1.70. The zero-order valence-electron chi connectivity index (χ0n) is 8.95. The number of hydrogen-bond donors (Lipinski definition) is 1. The second kappa shape index (κ2) is 3.83. The van der Waals surface area contributed by atoms with Crippen molar-refractivity contribution in [1.29, 1.82) is 0 Å². The topological polar surface area (TPSA) is 38.1 Å². The summed E-state index contributed by atoms with van der Waals surface area (Å²) < 4.78 is 5.77. The smallest absolute Gasteiger partial charge is 0.200 e. The molecule has 2 fully saturated rings. The predicted molar refractivity (Wildman–Crippen MR) is 61.3 cm³/mol. The van der Waals surface area contributed by atoms with Crippen LogP contribution in [0.15, 0.2) is 4.42 Å². The molecule has 2 aliphatic rings. The Morgan fingerprint density at radius 3 is 2.93 bits per heavy atom. The summed E-state index contributed by atoms with van der Waals surface area (Å²) in [5.41, 5.74) is 1.21. The first-order valence-corrected chi connectivity index (χ1v) is 6.69. The summed E-state index contributed by atoms with van der Waals surface area (Å²) in [6, 6.07) is 0. The molecule has 0 amide bonds. The van der Waals surface area contributed by atoms with Crippen molar-refractivity contribution in [3.8, 4) is 0 Å². The van der Waals surface area contributed by atoms with Crippen LogP contribution >= 0.6 is 11.8 Å². The van der Waals surface area contributed by atoms with Gasteiger partial charge in [-0.3, -0.25) is 0 Å². The van der Waals surface area contributed by atoms with E-state index in [2.05, 4.69) is 17.2 Å². The van der Waals surface area contributed by atoms with E-state index >= 15 is 0 Å². The van der Waals surface area contributed by atoms with Crippen molar-refractivity contribution in [2.24, 2.45) is 0 Å². The highest BCUT2D eigenvalue weighted by Crippen LogP contribution is 2.41. The lowest BCUT2D eigenvalue weighted by Crippen LogP contribution is -2.40. The zero-order valence-corrected chi connectivity index (χ0v) is 9.77. The molecule has 3 rings (SSSR count). The van der Waals surface area contributed by atoms with Crippen LogP contribution in [-0.4, -0.2) is 23.8 Å². The predicted octanol–water partition coefficient (Wildman–Crippen LogP) is 2.24. The van der Waals surface area contributed by atoms with E-state index in [-0.39, 0.29) is 0 Å². The van der Waals surface area contributed by atoms with Gasteiger partial charge in [-0.15, -0.1) is 0 Å². The minimum atomic E-state index is 0.517. The van der Waals surface area contributed by atoms with Crippen molar-refractivity contribution < 1.29 is 4.42 Å². The Kier molecular flexibility index (Phi) is 2.48. The molecule has 4 heteroatoms. The Morgan fingerprint density at radius 1 is 1.47 bits per heavy atom. The molecule has 1 unspecified atom stereocenters. The number of nitrogens with zero attached hydrogens (tertiary/aromatic N) is 1. The average molecular weight is 224 g/mol. The molecule has 0 aliphatic carbocycles. The number of rotatable bonds is 2. The Bertz CT molecular complexity index is 353. The molecule has 2 aliphatic heterocycles. The second-order valence-electron chi connectivity index (χ2n) is 4.35. The molecule has 0 spiro atoms. The normalized spacial score (nSPS) is 26.9. The molecule has 0 aromatic carbocycles. The molecule has 15 heavy (non-hydrogen) atoms. The van der Waals surface area contributed by atoms with E-state index in [0.29, 0.717) is 11.2 Å². The molecular weight excluding hydrogens is 208 g/mol. The van der Waals surface area contributed by atoms with Gasteiger partial charge in [-0.05, 0) is 25.5 Å². The van der Waals surface area contributed by atoms with Gasteiger partial charge in [-0.1, -0.05) is 0 Å². The van der Waals surface area contributed by atoms with Gasteiger partial charge in [-0.2, -0.15) is 11.8 Å². The fourth-order valence-electron chi connectivity index (χ4n) is 2.16. The van der Waals surface area contributed by atoms with E-state index in [9.17, 15) is 0 Å². The molecule has 3 heterocycles. The van der Waals surface area contributed by atoms with Gasteiger partial charge < -0.3 is 9.73 Å². The highest BCUT2D eigenvalue weighted by Gasteiger charge is 2.29. The van der Waals surface area contributed by atoms with Gasteiger partial charge in [0.25, 0.3) is 0 Å². The molecule has 2 saturated heterocycles. The summed E-state index contributed by atoms with van der Waals surface area (Å²) in [5.74, 6) is 3.78. The van der Waals surface area contributed by atoms with Crippen LogP contribution in [-0.2, 0) is 0 Å². The maximum Gasteiger partial charge on any atom is 0.200 e. The molecule has 82 valence electrons. The highest BCUT2D eigenvalue weighted by molar-refractivity contribution is 7.99. The largest absolute Gasteiger partial charge is 0.445 e. The quantitative estimate of drug-likeness (QED) is 0.836. The summed E-state index contributed by atoms with van der Waals surface area (Å²) in [5, 5.41) is 3.85. The number of hydrogen-bond acceptors (Lipinski definition) is 4. The van der Waals surface area contributed by atoms with Gasteiger partial charge in [0.05, 0.1) is 16.9 Å². The van der Waals surface area contributed by atoms with Crippen LogP contribution in [0.3, 0.4) is 0 Å². The van der Waals surface area contributed by atoms with Gasteiger partial charge in [0.1, 0.15) is 5.76 Å². The summed E-state index contributed by atoms with van der Waals surface area (Å²) in [6.45, 7) is 4.10. The van der Waals surface area contributed by atoms with E-state index < -0.39 is 0 Å². The average Bonchev–Trinajstić information content (AvgIpc) is 2.70. The monoisotopic (exact) mass is 224 g/mol. The lowest BCUT2D eigenvalue weighted by molar-refractivity contribution is 0.350. The zero-order chi connectivity index (χ0) is 10.3. The van der Waals surface area contributed by atoms with Crippen molar-refractivity contribution in [2.75, 3.05) is 18.8 Å². The van der Waals surface area contributed by atoms with Crippen molar-refractivity contribution >= 4 is 11.8 Å². The molecule has 0 radical (unpaired) electrons. The van der Waals surface area contributed by atoms with Crippen LogP contribution in [0.4, 0.5) is 0 Å². The van der Waals surface area contributed by atoms with Gasteiger partial charge in [0.2, 0.25) is 0 Å². The second-order valence-corrected chi connectivity index (χ2v) is 5.66. The van der Waals surface area contributed by atoms with Crippen molar-refractivity contribution in [3.63, 3.8) is 0 Å². The first kappa shape index (κ1) is 9.73. The van der Waals surface area contributed by atoms with Gasteiger partial charge >= 0.3 is 0 Å². The Morgan fingerprint density at radius 2 is 2.33 bits per heavy atom. The van der Waals surface area contributed by atoms with Crippen LogP contribution in [0.1, 0.15) is 41.4 Å². The highest BCUT2D eigenvalue weighted by atomic mass is 32.2. The molecule has 1 N–H and O–H groups in total. The van der Waals surface area contributed by atoms with Crippen molar-refractivity contribution in [2.45, 2.75) is 30.9 Å². The third-order valence-electron chi connectivity index (χ3n) is 3.21. The third-order valence-corrected chi connectivity index (χ3v) is 4.60. The lowest BCUT2D eigenvalue weighted by atomic mass is 10.0. The van der Waals surface area contributed by atoms with Crippen molar-refractivity contribution in [3.05, 3.63) is 17.3 Å². The van der Waals surface area contributed by atoms with Crippen LogP contribution < -0.4 is 5.32 Å². The van der Waals surface area contributed by atoms with Crippen molar-refractivity contribution in [1.82, 2.24) is 10.3 Å². The number of nitrogens with one attached hydrogen (secondary N) is 1. The van der Waals surface area contributed by atoms with Crippen LogP contribution in [0.5, 0.6) is 0 Å². The fraction of sp³-hybridized carbons (Fsp3) is 0.727. The standard InChI is InChI=1S/C11H16N2OS/c1-7-10(9-3-2-4-15-9)13-11(14-7)8-5-12-6-8/h8-9,12H,2-6H2,1H3. The summed E-state index contributed by atoms with van der Waals surface area (Å²) in [4.78, 5) is 4.69. The molecule has 3 nitrogen and oxygen atoms in total.